The van der Waals surface area contributed by atoms with Gasteiger partial charge in [0, 0.05) is 11.1 Å². The molecule has 0 amide bonds. The predicted molar refractivity (Wildman–Crippen MR) is 105 cm³/mol. The molecule has 0 spiro atoms. The maximum atomic E-state index is 12.7. The van der Waals surface area contributed by atoms with Gasteiger partial charge in [-0.15, -0.1) is 0 Å². The van der Waals surface area contributed by atoms with Crippen molar-refractivity contribution in [2.45, 2.75) is 39.7 Å². The maximum absolute atomic E-state index is 12.7. The zero-order valence-electron chi connectivity index (χ0n) is 15.3. The zero-order chi connectivity index (χ0) is 19.6. The molecule has 0 N–H and O–H groups in total. The Morgan fingerprint density at radius 3 is 2.63 bits per heavy atom. The fourth-order valence-electron chi connectivity index (χ4n) is 2.81. The van der Waals surface area contributed by atoms with Gasteiger partial charge >= 0.3 is 5.97 Å². The predicted octanol–water partition coefficient (Wildman–Crippen LogP) is 3.85. The molecule has 0 saturated heterocycles. The molecule has 3 rings (SSSR count). The first kappa shape index (κ1) is 19.5. The molecule has 0 aliphatic rings. The number of nitrogens with zero attached hydrogens (tertiary/aromatic N) is 3. The molecule has 142 valence electrons. The molecule has 2 aromatic heterocycles. The van der Waals surface area contributed by atoms with Gasteiger partial charge in [0.15, 0.2) is 0 Å². The molecule has 0 aliphatic heterocycles. The highest BCUT2D eigenvalue weighted by Gasteiger charge is 2.26. The van der Waals surface area contributed by atoms with Gasteiger partial charge in [0.1, 0.15) is 11.6 Å². The van der Waals surface area contributed by atoms with Crippen LogP contribution in [0.5, 0.6) is 0 Å². The van der Waals surface area contributed by atoms with Crippen LogP contribution in [0, 0.1) is 5.92 Å². The van der Waals surface area contributed by atoms with Crippen LogP contribution < -0.4 is 5.56 Å². The Bertz CT molecular complexity index is 1010. The molecule has 1 atom stereocenters. The van der Waals surface area contributed by atoms with Gasteiger partial charge in [-0.1, -0.05) is 55.8 Å². The van der Waals surface area contributed by atoms with Crippen LogP contribution in [0.1, 0.15) is 43.0 Å². The summed E-state index contributed by atoms with van der Waals surface area (Å²) in [5, 5.41) is 5.65. The summed E-state index contributed by atoms with van der Waals surface area (Å²) in [6.45, 7) is 5.83. The molecule has 27 heavy (non-hydrogen) atoms. The van der Waals surface area contributed by atoms with Crippen molar-refractivity contribution >= 4 is 33.9 Å². The number of benzene rings is 1. The number of carbonyl (C=O) groups excluding carboxylic acids is 1. The molecule has 0 saturated carbocycles. The van der Waals surface area contributed by atoms with Crippen molar-refractivity contribution in [2.24, 2.45) is 5.92 Å². The third-order valence-corrected chi connectivity index (χ3v) is 5.46. The number of esters is 1. The van der Waals surface area contributed by atoms with Crippen LogP contribution in [-0.2, 0) is 22.6 Å². The van der Waals surface area contributed by atoms with Crippen LogP contribution in [0.3, 0.4) is 0 Å². The highest BCUT2D eigenvalue weighted by molar-refractivity contribution is 7.16. The van der Waals surface area contributed by atoms with E-state index < -0.39 is 5.92 Å². The van der Waals surface area contributed by atoms with Gasteiger partial charge in [-0.2, -0.15) is 9.61 Å². The fourth-order valence-corrected chi connectivity index (χ4v) is 3.79. The van der Waals surface area contributed by atoms with Gasteiger partial charge < -0.3 is 4.74 Å². The third kappa shape index (κ3) is 4.36. The van der Waals surface area contributed by atoms with E-state index in [2.05, 4.69) is 10.1 Å². The van der Waals surface area contributed by atoms with Crippen LogP contribution in [0.25, 0.3) is 4.96 Å². The number of fused-ring (bicyclic) bond motifs is 1. The number of hydrogen-bond donors (Lipinski definition) is 0. The van der Waals surface area contributed by atoms with Gasteiger partial charge in [0.25, 0.3) is 5.56 Å². The van der Waals surface area contributed by atoms with E-state index in [0.717, 1.165) is 17.0 Å². The zero-order valence-corrected chi connectivity index (χ0v) is 16.9. The minimum absolute atomic E-state index is 0.0494. The van der Waals surface area contributed by atoms with Crippen molar-refractivity contribution in [2.75, 3.05) is 0 Å². The summed E-state index contributed by atoms with van der Waals surface area (Å²) in [4.78, 5) is 29.7. The minimum Gasteiger partial charge on any atom is -0.459 e. The molecule has 8 heteroatoms. The van der Waals surface area contributed by atoms with E-state index in [9.17, 15) is 9.59 Å². The molecular weight excluding hydrogens is 386 g/mol. The smallest absolute Gasteiger partial charge is 0.314 e. The maximum Gasteiger partial charge on any atom is 0.314 e. The lowest BCUT2D eigenvalue weighted by molar-refractivity contribution is -0.148. The summed E-state index contributed by atoms with van der Waals surface area (Å²) < 4.78 is 6.75. The summed E-state index contributed by atoms with van der Waals surface area (Å²) in [5.74, 6) is -0.719. The molecular formula is C19H20ClN3O3S. The van der Waals surface area contributed by atoms with Crippen molar-refractivity contribution in [3.05, 3.63) is 62.0 Å². The lowest BCUT2D eigenvalue weighted by Crippen LogP contribution is -2.22. The Balaban J connectivity index is 1.78. The number of halogens is 1. The molecule has 0 bridgehead atoms. The van der Waals surface area contributed by atoms with Crippen molar-refractivity contribution in [1.82, 2.24) is 14.6 Å². The summed E-state index contributed by atoms with van der Waals surface area (Å²) in [6.07, 6.45) is 0.731. The highest BCUT2D eigenvalue weighted by Crippen LogP contribution is 2.27. The van der Waals surface area contributed by atoms with Gasteiger partial charge in [0.05, 0.1) is 11.6 Å². The van der Waals surface area contributed by atoms with E-state index in [0.29, 0.717) is 15.7 Å². The van der Waals surface area contributed by atoms with Gasteiger partial charge in [-0.25, -0.2) is 4.98 Å². The van der Waals surface area contributed by atoms with Crippen molar-refractivity contribution < 1.29 is 9.53 Å². The van der Waals surface area contributed by atoms with Crippen molar-refractivity contribution in [3.63, 3.8) is 0 Å². The Hall–Kier alpha value is -2.25. The molecule has 6 nitrogen and oxygen atoms in total. The first-order chi connectivity index (χ1) is 12.9. The van der Waals surface area contributed by atoms with Gasteiger partial charge in [-0.05, 0) is 30.0 Å². The molecule has 0 fully saturated rings. The molecule has 0 radical (unpaired) electrons. The fraction of sp³-hybridized carbons (Fsp3) is 0.368. The lowest BCUT2D eigenvalue weighted by Gasteiger charge is -2.19. The Morgan fingerprint density at radius 2 is 2.00 bits per heavy atom. The molecule has 3 aromatic rings. The summed E-state index contributed by atoms with van der Waals surface area (Å²) in [7, 11) is 0. The standard InChI is InChI=1S/C19H20ClN3O3S/c1-4-15-22-23-16(24)9-14(21-19(23)27-15)10-26-18(25)17(11(2)3)12-5-7-13(20)8-6-12/h5-9,11,17H,4,10H2,1-3H3/t17-/m1/s1. The van der Waals surface area contributed by atoms with Crippen LogP contribution in [-0.4, -0.2) is 20.6 Å². The van der Waals surface area contributed by atoms with E-state index >= 15 is 0 Å². The molecule has 0 unspecified atom stereocenters. The number of carbonyl (C=O) groups is 1. The van der Waals surface area contributed by atoms with Crippen LogP contribution in [0.15, 0.2) is 35.1 Å². The summed E-state index contributed by atoms with van der Waals surface area (Å²) in [6, 6.07) is 8.52. The topological polar surface area (TPSA) is 73.6 Å². The van der Waals surface area contributed by atoms with Crippen LogP contribution in [0.2, 0.25) is 5.02 Å². The third-order valence-electron chi connectivity index (χ3n) is 4.15. The second-order valence-electron chi connectivity index (χ2n) is 6.51. The summed E-state index contributed by atoms with van der Waals surface area (Å²) in [5.41, 5.74) is 0.983. The Labute approximate surface area is 165 Å². The van der Waals surface area contributed by atoms with Crippen LogP contribution in [0.4, 0.5) is 0 Å². The molecule has 2 heterocycles. The van der Waals surface area contributed by atoms with Gasteiger partial charge in [-0.3, -0.25) is 9.59 Å². The minimum atomic E-state index is -0.415. The quantitative estimate of drug-likeness (QED) is 0.582. The number of aromatic nitrogens is 3. The normalized spacial score (nSPS) is 12.5. The van der Waals surface area contributed by atoms with Crippen molar-refractivity contribution in [1.29, 1.82) is 0 Å². The second kappa shape index (κ2) is 8.19. The van der Waals surface area contributed by atoms with E-state index in [4.69, 9.17) is 16.3 Å². The van der Waals surface area contributed by atoms with E-state index in [1.54, 1.807) is 12.1 Å². The SMILES string of the molecule is CCc1nn2c(=O)cc(COC(=O)[C@@H](c3ccc(Cl)cc3)C(C)C)nc2s1. The van der Waals surface area contributed by atoms with Crippen molar-refractivity contribution in [3.8, 4) is 0 Å². The average Bonchev–Trinajstić information content (AvgIpc) is 3.05. The largest absolute Gasteiger partial charge is 0.459 e. The number of aryl methyl sites for hydroxylation is 1. The lowest BCUT2D eigenvalue weighted by atomic mass is 9.88. The highest BCUT2D eigenvalue weighted by atomic mass is 35.5. The number of hydrogen-bond acceptors (Lipinski definition) is 6. The first-order valence-electron chi connectivity index (χ1n) is 8.69. The average molecular weight is 406 g/mol. The van der Waals surface area contributed by atoms with E-state index in [1.165, 1.54) is 21.9 Å². The van der Waals surface area contributed by atoms with E-state index in [-0.39, 0.29) is 24.1 Å². The molecule has 1 aromatic carbocycles. The number of rotatable bonds is 6. The molecule has 0 aliphatic carbocycles. The Kier molecular flexibility index (Phi) is 5.92. The summed E-state index contributed by atoms with van der Waals surface area (Å²) >= 11 is 7.29. The number of ether oxygens (including phenoxy) is 1. The monoisotopic (exact) mass is 405 g/mol. The van der Waals surface area contributed by atoms with Gasteiger partial charge in [0.2, 0.25) is 4.96 Å². The van der Waals surface area contributed by atoms with E-state index in [1.807, 2.05) is 32.9 Å². The van der Waals surface area contributed by atoms with Crippen LogP contribution >= 0.6 is 22.9 Å². The second-order valence-corrected chi connectivity index (χ2v) is 7.99. The Morgan fingerprint density at radius 1 is 1.30 bits per heavy atom. The first-order valence-corrected chi connectivity index (χ1v) is 9.89.